The summed E-state index contributed by atoms with van der Waals surface area (Å²) >= 11 is 0. The molecule has 0 N–H and O–H groups in total. The van der Waals surface area contributed by atoms with Gasteiger partial charge in [0.1, 0.15) is 5.75 Å². The topological polar surface area (TPSA) is 32.8 Å². The number of anilines is 1. The maximum Gasteiger partial charge on any atom is 0.260 e. The number of carbonyl (C=O) groups is 1. The quantitative estimate of drug-likeness (QED) is 0.871. The van der Waals surface area contributed by atoms with E-state index in [0.717, 1.165) is 37.4 Å². The van der Waals surface area contributed by atoms with E-state index in [0.29, 0.717) is 6.04 Å². The van der Waals surface area contributed by atoms with Crippen LogP contribution in [0.25, 0.3) is 0 Å². The molecule has 2 aromatic carbocycles. The molecule has 0 saturated carbocycles. The first-order chi connectivity index (χ1) is 11.7. The SMILES string of the molecule is Cc1cccc(OCC(=O)N2CCN3c4ccccc4CC3C2)c1. The molecule has 1 amide bonds. The first kappa shape index (κ1) is 15.1. The minimum Gasteiger partial charge on any atom is -0.484 e. The van der Waals surface area contributed by atoms with Crippen LogP contribution in [0.4, 0.5) is 5.69 Å². The second-order valence-electron chi connectivity index (χ2n) is 6.62. The Morgan fingerprint density at radius 2 is 2.04 bits per heavy atom. The van der Waals surface area contributed by atoms with Crippen molar-refractivity contribution in [2.45, 2.75) is 19.4 Å². The van der Waals surface area contributed by atoms with Gasteiger partial charge in [-0.25, -0.2) is 0 Å². The Labute approximate surface area is 142 Å². The number of rotatable bonds is 3. The number of fused-ring (bicyclic) bond motifs is 3. The van der Waals surface area contributed by atoms with Crippen LogP contribution in [-0.4, -0.2) is 43.1 Å². The van der Waals surface area contributed by atoms with Gasteiger partial charge in [0.05, 0.1) is 6.04 Å². The molecule has 1 fully saturated rings. The second-order valence-corrected chi connectivity index (χ2v) is 6.62. The Morgan fingerprint density at radius 1 is 1.17 bits per heavy atom. The third-order valence-corrected chi connectivity index (χ3v) is 4.94. The van der Waals surface area contributed by atoms with E-state index in [1.807, 2.05) is 36.1 Å². The molecule has 2 aromatic rings. The summed E-state index contributed by atoms with van der Waals surface area (Å²) in [6, 6.07) is 16.8. The fourth-order valence-electron chi connectivity index (χ4n) is 3.73. The number of hydrogen-bond donors (Lipinski definition) is 0. The van der Waals surface area contributed by atoms with Gasteiger partial charge in [0.25, 0.3) is 5.91 Å². The van der Waals surface area contributed by atoms with Gasteiger partial charge in [-0.15, -0.1) is 0 Å². The van der Waals surface area contributed by atoms with E-state index in [4.69, 9.17) is 4.74 Å². The minimum absolute atomic E-state index is 0.0760. The van der Waals surface area contributed by atoms with Gasteiger partial charge in [-0.1, -0.05) is 30.3 Å². The Kier molecular flexibility index (Phi) is 3.89. The summed E-state index contributed by atoms with van der Waals surface area (Å²) in [6.07, 6.45) is 1.03. The lowest BCUT2D eigenvalue weighted by molar-refractivity contribution is -0.134. The van der Waals surface area contributed by atoms with Crippen molar-refractivity contribution in [2.24, 2.45) is 0 Å². The Morgan fingerprint density at radius 3 is 2.92 bits per heavy atom. The van der Waals surface area contributed by atoms with Crippen molar-refractivity contribution in [1.29, 1.82) is 0 Å². The van der Waals surface area contributed by atoms with Gasteiger partial charge in [0.15, 0.2) is 6.61 Å². The maximum atomic E-state index is 12.5. The Bertz CT molecular complexity index is 759. The highest BCUT2D eigenvalue weighted by Gasteiger charge is 2.35. The molecule has 4 nitrogen and oxygen atoms in total. The zero-order chi connectivity index (χ0) is 16.5. The van der Waals surface area contributed by atoms with E-state index in [-0.39, 0.29) is 12.5 Å². The molecule has 4 rings (SSSR count). The maximum absolute atomic E-state index is 12.5. The van der Waals surface area contributed by atoms with Crippen LogP contribution < -0.4 is 9.64 Å². The largest absolute Gasteiger partial charge is 0.484 e. The summed E-state index contributed by atoms with van der Waals surface area (Å²) < 4.78 is 5.67. The smallest absolute Gasteiger partial charge is 0.260 e. The van der Waals surface area contributed by atoms with Crippen molar-refractivity contribution in [2.75, 3.05) is 31.1 Å². The number of carbonyl (C=O) groups excluding carboxylic acids is 1. The number of para-hydroxylation sites is 1. The summed E-state index contributed by atoms with van der Waals surface area (Å²) in [5.41, 5.74) is 3.87. The first-order valence-corrected chi connectivity index (χ1v) is 8.52. The van der Waals surface area contributed by atoms with Gasteiger partial charge in [0.2, 0.25) is 0 Å². The third-order valence-electron chi connectivity index (χ3n) is 4.94. The van der Waals surface area contributed by atoms with Crippen LogP contribution in [0.2, 0.25) is 0 Å². The molecule has 1 atom stereocenters. The number of aryl methyl sites for hydroxylation is 1. The number of nitrogens with zero attached hydrogens (tertiary/aromatic N) is 2. The molecule has 2 heterocycles. The first-order valence-electron chi connectivity index (χ1n) is 8.52. The fourth-order valence-corrected chi connectivity index (χ4v) is 3.73. The summed E-state index contributed by atoms with van der Waals surface area (Å²) in [4.78, 5) is 16.9. The van der Waals surface area contributed by atoms with E-state index < -0.39 is 0 Å². The third kappa shape index (κ3) is 2.84. The lowest BCUT2D eigenvalue weighted by Gasteiger charge is -2.39. The van der Waals surface area contributed by atoms with E-state index in [9.17, 15) is 4.79 Å². The van der Waals surface area contributed by atoms with Crippen LogP contribution >= 0.6 is 0 Å². The van der Waals surface area contributed by atoms with Gasteiger partial charge >= 0.3 is 0 Å². The number of amides is 1. The highest BCUT2D eigenvalue weighted by Crippen LogP contribution is 2.33. The highest BCUT2D eigenvalue weighted by atomic mass is 16.5. The minimum atomic E-state index is 0.0760. The Hall–Kier alpha value is -2.49. The molecule has 2 aliphatic heterocycles. The molecule has 1 saturated heterocycles. The summed E-state index contributed by atoms with van der Waals surface area (Å²) in [5, 5.41) is 0. The lowest BCUT2D eigenvalue weighted by Crippen LogP contribution is -2.54. The molecule has 0 spiro atoms. The predicted molar refractivity (Wildman–Crippen MR) is 94.5 cm³/mol. The molecule has 124 valence electrons. The van der Waals surface area contributed by atoms with Crippen LogP contribution in [0, 0.1) is 6.92 Å². The molecule has 0 aliphatic carbocycles. The Balaban J connectivity index is 1.36. The van der Waals surface area contributed by atoms with E-state index in [1.165, 1.54) is 11.3 Å². The van der Waals surface area contributed by atoms with Gasteiger partial charge in [-0.3, -0.25) is 4.79 Å². The molecule has 0 radical (unpaired) electrons. The number of benzene rings is 2. The monoisotopic (exact) mass is 322 g/mol. The summed E-state index contributed by atoms with van der Waals surface area (Å²) in [6.45, 7) is 4.58. The van der Waals surface area contributed by atoms with E-state index >= 15 is 0 Å². The van der Waals surface area contributed by atoms with Crippen LogP contribution in [0.15, 0.2) is 48.5 Å². The van der Waals surface area contributed by atoms with Crippen LogP contribution in [0.3, 0.4) is 0 Å². The fraction of sp³-hybridized carbons (Fsp3) is 0.350. The van der Waals surface area contributed by atoms with Crippen molar-refractivity contribution in [3.8, 4) is 5.75 Å². The molecule has 24 heavy (non-hydrogen) atoms. The van der Waals surface area contributed by atoms with Gasteiger partial charge in [0, 0.05) is 25.3 Å². The molecule has 4 heteroatoms. The zero-order valence-corrected chi connectivity index (χ0v) is 13.9. The summed E-state index contributed by atoms with van der Waals surface area (Å²) in [7, 11) is 0. The average molecular weight is 322 g/mol. The number of ether oxygens (including phenoxy) is 1. The molecule has 1 unspecified atom stereocenters. The van der Waals surface area contributed by atoms with Crippen LogP contribution in [-0.2, 0) is 11.2 Å². The zero-order valence-electron chi connectivity index (χ0n) is 13.9. The lowest BCUT2D eigenvalue weighted by atomic mass is 10.1. The average Bonchev–Trinajstić information content (AvgIpc) is 2.97. The van der Waals surface area contributed by atoms with E-state index in [2.05, 4.69) is 29.2 Å². The van der Waals surface area contributed by atoms with Gasteiger partial charge in [-0.2, -0.15) is 0 Å². The highest BCUT2D eigenvalue weighted by molar-refractivity contribution is 5.78. The molecular formula is C20H22N2O2. The predicted octanol–water partition coefficient (Wildman–Crippen LogP) is 2.65. The molecule has 2 aliphatic rings. The normalized spacial score (nSPS) is 19.0. The van der Waals surface area contributed by atoms with E-state index in [1.54, 1.807) is 0 Å². The number of hydrogen-bond acceptors (Lipinski definition) is 3. The van der Waals surface area contributed by atoms with Crippen LogP contribution in [0.5, 0.6) is 5.75 Å². The van der Waals surface area contributed by atoms with Crippen molar-refractivity contribution < 1.29 is 9.53 Å². The van der Waals surface area contributed by atoms with Crippen LogP contribution in [0.1, 0.15) is 11.1 Å². The van der Waals surface area contributed by atoms with Crippen molar-refractivity contribution in [1.82, 2.24) is 4.90 Å². The van der Waals surface area contributed by atoms with Crippen molar-refractivity contribution in [3.63, 3.8) is 0 Å². The molecular weight excluding hydrogens is 300 g/mol. The van der Waals surface area contributed by atoms with Gasteiger partial charge in [-0.05, 0) is 42.7 Å². The van der Waals surface area contributed by atoms with Gasteiger partial charge < -0.3 is 14.5 Å². The van der Waals surface area contributed by atoms with Crippen molar-refractivity contribution in [3.05, 3.63) is 59.7 Å². The standard InChI is InChI=1S/C20H22N2O2/c1-15-5-4-7-18(11-15)24-14-20(23)21-9-10-22-17(13-21)12-16-6-2-3-8-19(16)22/h2-8,11,17H,9-10,12-14H2,1H3. The molecule has 0 bridgehead atoms. The number of piperazine rings is 1. The van der Waals surface area contributed by atoms with Crippen molar-refractivity contribution >= 4 is 11.6 Å². The second kappa shape index (κ2) is 6.19. The summed E-state index contributed by atoms with van der Waals surface area (Å²) in [5.74, 6) is 0.836. The molecule has 0 aromatic heterocycles.